The van der Waals surface area contributed by atoms with Crippen molar-refractivity contribution in [2.75, 3.05) is 5.32 Å². The summed E-state index contributed by atoms with van der Waals surface area (Å²) in [7, 11) is 0. The van der Waals surface area contributed by atoms with Gasteiger partial charge in [0, 0.05) is 11.1 Å². The number of carbonyl (C=O) groups excluding carboxylic acids is 1. The van der Waals surface area contributed by atoms with Crippen molar-refractivity contribution >= 4 is 11.5 Å². The summed E-state index contributed by atoms with van der Waals surface area (Å²) in [6.45, 7) is 3.83. The lowest BCUT2D eigenvalue weighted by molar-refractivity contribution is 0.103. The van der Waals surface area contributed by atoms with Gasteiger partial charge < -0.3 is 5.32 Å². The second kappa shape index (κ2) is 7.59. The van der Waals surface area contributed by atoms with Crippen LogP contribution in [0.3, 0.4) is 0 Å². The van der Waals surface area contributed by atoms with Gasteiger partial charge in [0.25, 0.3) is 0 Å². The lowest BCUT2D eigenvalue weighted by Gasteiger charge is -2.11. The molecular weight excluding hydrogens is 312 g/mol. The van der Waals surface area contributed by atoms with Crippen LogP contribution in [0, 0.1) is 47.8 Å². The highest BCUT2D eigenvalue weighted by molar-refractivity contribution is 6.12. The Bertz CT molecular complexity index is 961. The number of hydrogen-bond acceptors (Lipinski definition) is 5. The number of carbonyl (C=O) groups is 1. The maximum atomic E-state index is 12.9. The van der Waals surface area contributed by atoms with Gasteiger partial charge in [-0.05, 0) is 38.1 Å². The fraction of sp³-hybridized carbons (Fsp3) is 0.100. The zero-order valence-corrected chi connectivity index (χ0v) is 13.8. The van der Waals surface area contributed by atoms with E-state index in [1.165, 1.54) is 0 Å². The molecule has 0 aliphatic rings. The van der Waals surface area contributed by atoms with Crippen LogP contribution in [-0.4, -0.2) is 5.78 Å². The maximum absolute atomic E-state index is 12.9. The van der Waals surface area contributed by atoms with Crippen molar-refractivity contribution in [3.63, 3.8) is 0 Å². The Hall–Kier alpha value is -3.88. The normalized spacial score (nSPS) is 9.24. The summed E-state index contributed by atoms with van der Waals surface area (Å²) in [6, 6.07) is 17.4. The van der Waals surface area contributed by atoms with Gasteiger partial charge in [-0.25, -0.2) is 0 Å². The standard InChI is InChI=1S/C20H14N4O/c1-13-7-14(2)9-15(8-13)20(25)17-5-3-4-6-18(17)24-19(12-23)16(10-21)11-22/h3-9,24H,1-2H3. The number of nitrogens with one attached hydrogen (secondary N) is 1. The number of nitrogens with zero attached hydrogens (tertiary/aromatic N) is 3. The van der Waals surface area contributed by atoms with Crippen molar-refractivity contribution in [3.8, 4) is 18.2 Å². The number of nitriles is 3. The van der Waals surface area contributed by atoms with Crippen LogP contribution in [-0.2, 0) is 0 Å². The summed E-state index contributed by atoms with van der Waals surface area (Å²) < 4.78 is 0. The third kappa shape index (κ3) is 3.91. The molecule has 0 bridgehead atoms. The summed E-state index contributed by atoms with van der Waals surface area (Å²) in [5.41, 5.74) is 2.68. The smallest absolute Gasteiger partial charge is 0.195 e. The van der Waals surface area contributed by atoms with Crippen molar-refractivity contribution in [1.82, 2.24) is 0 Å². The number of hydrogen-bond donors (Lipinski definition) is 1. The summed E-state index contributed by atoms with van der Waals surface area (Å²) in [5, 5.41) is 29.8. The highest BCUT2D eigenvalue weighted by Gasteiger charge is 2.16. The first kappa shape index (κ1) is 17.5. The predicted molar refractivity (Wildman–Crippen MR) is 93.3 cm³/mol. The van der Waals surface area contributed by atoms with E-state index in [2.05, 4.69) is 5.32 Å². The second-order valence-electron chi connectivity index (χ2n) is 5.46. The van der Waals surface area contributed by atoms with Crippen molar-refractivity contribution in [2.45, 2.75) is 13.8 Å². The molecule has 0 saturated carbocycles. The van der Waals surface area contributed by atoms with Gasteiger partial charge in [-0.3, -0.25) is 4.79 Å². The Morgan fingerprint density at radius 2 is 1.52 bits per heavy atom. The molecule has 120 valence electrons. The van der Waals surface area contributed by atoms with Gasteiger partial charge >= 0.3 is 0 Å². The van der Waals surface area contributed by atoms with Crippen molar-refractivity contribution in [1.29, 1.82) is 15.8 Å². The van der Waals surface area contributed by atoms with Gasteiger partial charge in [0.15, 0.2) is 11.4 Å². The summed E-state index contributed by atoms with van der Waals surface area (Å²) in [6.07, 6.45) is 0. The monoisotopic (exact) mass is 326 g/mol. The van der Waals surface area contributed by atoms with Gasteiger partial charge in [-0.1, -0.05) is 29.3 Å². The van der Waals surface area contributed by atoms with E-state index in [0.717, 1.165) is 11.1 Å². The minimum absolute atomic E-state index is 0.189. The van der Waals surface area contributed by atoms with Crippen LogP contribution >= 0.6 is 0 Å². The van der Waals surface area contributed by atoms with Gasteiger partial charge in [-0.15, -0.1) is 0 Å². The van der Waals surface area contributed by atoms with Gasteiger partial charge in [0.2, 0.25) is 0 Å². The quantitative estimate of drug-likeness (QED) is 0.681. The number of rotatable bonds is 4. The van der Waals surface area contributed by atoms with Crippen molar-refractivity contribution < 1.29 is 4.79 Å². The van der Waals surface area contributed by atoms with Gasteiger partial charge in [0.05, 0.1) is 5.69 Å². The zero-order valence-electron chi connectivity index (χ0n) is 13.8. The Morgan fingerprint density at radius 3 is 2.08 bits per heavy atom. The number of benzene rings is 2. The van der Waals surface area contributed by atoms with Crippen LogP contribution < -0.4 is 5.32 Å². The number of allylic oxidation sites excluding steroid dienone is 2. The van der Waals surface area contributed by atoms with E-state index >= 15 is 0 Å². The van der Waals surface area contributed by atoms with Crippen LogP contribution in [0.15, 0.2) is 53.7 Å². The van der Waals surface area contributed by atoms with E-state index in [0.29, 0.717) is 16.8 Å². The molecule has 0 atom stereocenters. The molecule has 0 aliphatic carbocycles. The van der Waals surface area contributed by atoms with Crippen molar-refractivity contribution in [2.24, 2.45) is 0 Å². The fourth-order valence-corrected chi connectivity index (χ4v) is 2.47. The summed E-state index contributed by atoms with van der Waals surface area (Å²) in [4.78, 5) is 12.9. The highest BCUT2D eigenvalue weighted by Crippen LogP contribution is 2.22. The molecule has 0 unspecified atom stereocenters. The van der Waals surface area contributed by atoms with Crippen LogP contribution in [0.1, 0.15) is 27.0 Å². The van der Waals surface area contributed by atoms with Crippen LogP contribution in [0.4, 0.5) is 5.69 Å². The average Bonchev–Trinajstić information content (AvgIpc) is 2.60. The van der Waals surface area contributed by atoms with E-state index in [1.54, 1.807) is 54.6 Å². The zero-order chi connectivity index (χ0) is 18.4. The number of aryl methyl sites for hydroxylation is 2. The SMILES string of the molecule is Cc1cc(C)cc(C(=O)c2ccccc2NC(C#N)=C(C#N)C#N)c1. The van der Waals surface area contributed by atoms with Gasteiger partial charge in [0.1, 0.15) is 23.9 Å². The van der Waals surface area contributed by atoms with Crippen LogP contribution in [0.25, 0.3) is 0 Å². The van der Waals surface area contributed by atoms with E-state index in [1.807, 2.05) is 19.9 Å². The molecule has 0 aromatic heterocycles. The largest absolute Gasteiger partial charge is 0.345 e. The molecule has 25 heavy (non-hydrogen) atoms. The Kier molecular flexibility index (Phi) is 5.31. The third-order valence-corrected chi connectivity index (χ3v) is 3.50. The fourth-order valence-electron chi connectivity index (χ4n) is 2.47. The maximum Gasteiger partial charge on any atom is 0.195 e. The first-order valence-corrected chi connectivity index (χ1v) is 7.43. The number of ketones is 1. The minimum Gasteiger partial charge on any atom is -0.345 e. The molecule has 0 fully saturated rings. The topological polar surface area (TPSA) is 100 Å². The lowest BCUT2D eigenvalue weighted by atomic mass is 9.98. The first-order chi connectivity index (χ1) is 12.0. The Balaban J connectivity index is 2.51. The molecule has 0 saturated heterocycles. The molecule has 0 aliphatic heterocycles. The van der Waals surface area contributed by atoms with E-state index in [9.17, 15) is 10.1 Å². The molecule has 1 N–H and O–H groups in total. The summed E-state index contributed by atoms with van der Waals surface area (Å²) in [5.74, 6) is -0.206. The molecule has 0 spiro atoms. The molecule has 2 aromatic rings. The van der Waals surface area contributed by atoms with Crippen LogP contribution in [0.2, 0.25) is 0 Å². The molecule has 0 radical (unpaired) electrons. The first-order valence-electron chi connectivity index (χ1n) is 7.43. The lowest BCUT2D eigenvalue weighted by Crippen LogP contribution is -2.09. The number of para-hydroxylation sites is 1. The molecule has 2 aromatic carbocycles. The molecule has 2 rings (SSSR count). The van der Waals surface area contributed by atoms with Crippen molar-refractivity contribution in [3.05, 3.63) is 76.0 Å². The Labute approximate surface area is 146 Å². The molecular formula is C20H14N4O. The van der Waals surface area contributed by atoms with E-state index in [4.69, 9.17) is 10.5 Å². The molecule has 0 amide bonds. The molecule has 5 heteroatoms. The minimum atomic E-state index is -0.337. The van der Waals surface area contributed by atoms with E-state index < -0.39 is 0 Å². The van der Waals surface area contributed by atoms with Crippen LogP contribution in [0.5, 0.6) is 0 Å². The van der Waals surface area contributed by atoms with Gasteiger partial charge in [-0.2, -0.15) is 15.8 Å². The number of anilines is 1. The average molecular weight is 326 g/mol. The third-order valence-electron chi connectivity index (χ3n) is 3.50. The molecule has 5 nitrogen and oxygen atoms in total. The molecule has 0 heterocycles. The second-order valence-corrected chi connectivity index (χ2v) is 5.46. The summed E-state index contributed by atoms with van der Waals surface area (Å²) >= 11 is 0. The predicted octanol–water partition coefficient (Wildman–Crippen LogP) is 3.77. The van der Waals surface area contributed by atoms with E-state index in [-0.39, 0.29) is 17.1 Å². The highest BCUT2D eigenvalue weighted by atomic mass is 16.1. The Morgan fingerprint density at radius 1 is 0.920 bits per heavy atom.